The molecule has 8 heteroatoms. The highest BCUT2D eigenvalue weighted by Gasteiger charge is 2.34. The number of aryl methyl sites for hydroxylation is 1. The van der Waals surface area contributed by atoms with Crippen molar-refractivity contribution in [2.45, 2.75) is 12.5 Å². The molecule has 2 aromatic rings. The van der Waals surface area contributed by atoms with E-state index >= 15 is 0 Å². The van der Waals surface area contributed by atoms with Gasteiger partial charge in [-0.2, -0.15) is 5.10 Å². The molecule has 0 unspecified atom stereocenters. The smallest absolute Gasteiger partial charge is 0.225 e. The van der Waals surface area contributed by atoms with Crippen molar-refractivity contribution in [3.63, 3.8) is 0 Å². The van der Waals surface area contributed by atoms with Gasteiger partial charge in [0.15, 0.2) is 0 Å². The number of carbonyl (C=O) groups is 1. The van der Waals surface area contributed by atoms with Crippen LogP contribution in [0.15, 0.2) is 36.7 Å². The molecule has 1 saturated heterocycles. The molecule has 1 amide bonds. The number of nitrogens with one attached hydrogen (secondary N) is 2. The first-order valence-corrected chi connectivity index (χ1v) is 8.28. The maximum absolute atomic E-state index is 12.7. The lowest BCUT2D eigenvalue weighted by atomic mass is 9.90. The van der Waals surface area contributed by atoms with E-state index < -0.39 is 0 Å². The van der Waals surface area contributed by atoms with Crippen molar-refractivity contribution in [3.05, 3.63) is 47.8 Å². The Morgan fingerprint density at radius 1 is 1.31 bits per heavy atom. The molecule has 0 spiro atoms. The van der Waals surface area contributed by atoms with Crippen LogP contribution in [0.1, 0.15) is 17.0 Å². The lowest BCUT2D eigenvalue weighted by Crippen LogP contribution is -2.34. The molecule has 1 aromatic carbocycles. The largest absolute Gasteiger partial charge is 0.377 e. The van der Waals surface area contributed by atoms with E-state index in [1.807, 2.05) is 45.7 Å². The first kappa shape index (κ1) is 22.3. The lowest BCUT2D eigenvalue weighted by molar-refractivity contribution is -0.125. The highest BCUT2D eigenvalue weighted by molar-refractivity contribution is 5.85. The molecule has 1 fully saturated rings. The molecule has 0 radical (unpaired) electrons. The van der Waals surface area contributed by atoms with Gasteiger partial charge in [0.05, 0.1) is 12.1 Å². The SMILES string of the molecule is CN(C)c1ccccc1CNC(=O)[C@H]1CNC[C@@H]1c1cnn(C)c1.Cl.Cl. The van der Waals surface area contributed by atoms with E-state index in [0.717, 1.165) is 23.4 Å². The fraction of sp³-hybridized carbons (Fsp3) is 0.444. The van der Waals surface area contributed by atoms with Crippen molar-refractivity contribution in [2.75, 3.05) is 32.1 Å². The van der Waals surface area contributed by atoms with Gasteiger partial charge in [0.1, 0.15) is 0 Å². The molecule has 2 N–H and O–H groups in total. The van der Waals surface area contributed by atoms with E-state index in [1.165, 1.54) is 0 Å². The summed E-state index contributed by atoms with van der Waals surface area (Å²) in [4.78, 5) is 14.8. The molecule has 2 heterocycles. The van der Waals surface area contributed by atoms with Crippen LogP contribution in [0.5, 0.6) is 0 Å². The van der Waals surface area contributed by atoms with Crippen LogP contribution in [0.2, 0.25) is 0 Å². The average Bonchev–Trinajstić information content (AvgIpc) is 3.21. The van der Waals surface area contributed by atoms with Crippen molar-refractivity contribution in [1.29, 1.82) is 0 Å². The minimum atomic E-state index is -0.0549. The van der Waals surface area contributed by atoms with Crippen molar-refractivity contribution in [1.82, 2.24) is 20.4 Å². The van der Waals surface area contributed by atoms with Crippen molar-refractivity contribution in [3.8, 4) is 0 Å². The number of rotatable bonds is 5. The van der Waals surface area contributed by atoms with Gasteiger partial charge in [-0.3, -0.25) is 9.48 Å². The lowest BCUT2D eigenvalue weighted by Gasteiger charge is -2.20. The predicted molar refractivity (Wildman–Crippen MR) is 109 cm³/mol. The quantitative estimate of drug-likeness (QED) is 0.806. The summed E-state index contributed by atoms with van der Waals surface area (Å²) in [5.74, 6) is 0.228. The standard InChI is InChI=1S/C18H25N5O.2ClH/c1-22(2)17-7-5-4-6-13(17)8-20-18(24)16-11-19-10-15(16)14-9-21-23(3)12-14;;/h4-7,9,12,15-16,19H,8,10-11H2,1-3H3,(H,20,24);2*1H/t15-,16+;;/m1../s1. The van der Waals surface area contributed by atoms with Crippen LogP contribution in [0.4, 0.5) is 5.69 Å². The Labute approximate surface area is 167 Å². The Hall–Kier alpha value is -1.76. The van der Waals surface area contributed by atoms with Gasteiger partial charge in [0.2, 0.25) is 5.91 Å². The summed E-state index contributed by atoms with van der Waals surface area (Å²) < 4.78 is 1.79. The molecule has 1 aromatic heterocycles. The summed E-state index contributed by atoms with van der Waals surface area (Å²) in [5.41, 5.74) is 3.38. The van der Waals surface area contributed by atoms with Crippen LogP contribution in [0.3, 0.4) is 0 Å². The summed E-state index contributed by atoms with van der Waals surface area (Å²) in [6.45, 7) is 2.07. The Kier molecular flexibility index (Phi) is 8.40. The second-order valence-electron chi connectivity index (χ2n) is 6.56. The number of amides is 1. The number of para-hydroxylation sites is 1. The second-order valence-corrected chi connectivity index (χ2v) is 6.56. The van der Waals surface area contributed by atoms with E-state index in [1.54, 1.807) is 4.68 Å². The van der Waals surface area contributed by atoms with Crippen LogP contribution >= 0.6 is 24.8 Å². The summed E-state index contributed by atoms with van der Waals surface area (Å²) in [6.07, 6.45) is 3.86. The Balaban J connectivity index is 0.00000169. The zero-order valence-corrected chi connectivity index (χ0v) is 16.9. The summed E-state index contributed by atoms with van der Waals surface area (Å²) in [7, 11) is 5.93. The number of nitrogens with zero attached hydrogens (tertiary/aromatic N) is 3. The third kappa shape index (κ3) is 4.90. The maximum Gasteiger partial charge on any atom is 0.225 e. The fourth-order valence-electron chi connectivity index (χ4n) is 3.35. The van der Waals surface area contributed by atoms with Gasteiger partial charge in [-0.25, -0.2) is 0 Å². The van der Waals surface area contributed by atoms with E-state index in [2.05, 4.69) is 32.8 Å². The number of carbonyl (C=O) groups excluding carboxylic acids is 1. The Morgan fingerprint density at radius 2 is 2.04 bits per heavy atom. The Bertz CT molecular complexity index is 719. The van der Waals surface area contributed by atoms with E-state index in [0.29, 0.717) is 13.1 Å². The molecule has 1 aliphatic rings. The monoisotopic (exact) mass is 399 g/mol. The van der Waals surface area contributed by atoms with Crippen LogP contribution < -0.4 is 15.5 Å². The second kappa shape index (κ2) is 9.80. The van der Waals surface area contributed by atoms with Crippen LogP contribution in [-0.2, 0) is 18.4 Å². The Morgan fingerprint density at radius 3 is 2.69 bits per heavy atom. The highest BCUT2D eigenvalue weighted by atomic mass is 35.5. The molecule has 0 saturated carbocycles. The zero-order valence-electron chi connectivity index (χ0n) is 15.3. The number of anilines is 1. The maximum atomic E-state index is 12.7. The molecule has 6 nitrogen and oxygen atoms in total. The van der Waals surface area contributed by atoms with Gasteiger partial charge in [-0.05, 0) is 17.2 Å². The molecule has 3 rings (SSSR count). The molecular formula is C18H27Cl2N5O. The number of hydrogen-bond acceptors (Lipinski definition) is 4. The van der Waals surface area contributed by atoms with Gasteiger partial charge in [-0.15, -0.1) is 24.8 Å². The highest BCUT2D eigenvalue weighted by Crippen LogP contribution is 2.28. The molecule has 0 bridgehead atoms. The van der Waals surface area contributed by atoms with Crippen LogP contribution in [0, 0.1) is 5.92 Å². The fourth-order valence-corrected chi connectivity index (χ4v) is 3.35. The summed E-state index contributed by atoms with van der Waals surface area (Å²) >= 11 is 0. The average molecular weight is 400 g/mol. The van der Waals surface area contributed by atoms with Gasteiger partial charge in [0.25, 0.3) is 0 Å². The molecule has 2 atom stereocenters. The third-order valence-electron chi connectivity index (χ3n) is 4.63. The van der Waals surface area contributed by atoms with E-state index in [4.69, 9.17) is 0 Å². The minimum absolute atomic E-state index is 0. The predicted octanol–water partition coefficient (Wildman–Crippen LogP) is 1.95. The van der Waals surface area contributed by atoms with Crippen LogP contribution in [-0.4, -0.2) is 42.9 Å². The van der Waals surface area contributed by atoms with E-state index in [9.17, 15) is 4.79 Å². The first-order chi connectivity index (χ1) is 11.6. The molecule has 1 aliphatic heterocycles. The minimum Gasteiger partial charge on any atom is -0.377 e. The van der Waals surface area contributed by atoms with Crippen molar-refractivity contribution >= 4 is 36.4 Å². The van der Waals surface area contributed by atoms with E-state index in [-0.39, 0.29) is 42.6 Å². The van der Waals surface area contributed by atoms with Crippen LogP contribution in [0.25, 0.3) is 0 Å². The zero-order chi connectivity index (χ0) is 17.1. The van der Waals surface area contributed by atoms with Gasteiger partial charge in [-0.1, -0.05) is 18.2 Å². The normalized spacial score (nSPS) is 18.6. The summed E-state index contributed by atoms with van der Waals surface area (Å²) in [5, 5.41) is 10.7. The number of hydrogen-bond donors (Lipinski definition) is 2. The molecule has 144 valence electrons. The number of aromatic nitrogens is 2. The van der Waals surface area contributed by atoms with Gasteiger partial charge in [0, 0.05) is 58.6 Å². The van der Waals surface area contributed by atoms with Crippen molar-refractivity contribution in [2.24, 2.45) is 13.0 Å². The molecular weight excluding hydrogens is 373 g/mol. The first-order valence-electron chi connectivity index (χ1n) is 8.28. The van der Waals surface area contributed by atoms with Gasteiger partial charge >= 0.3 is 0 Å². The topological polar surface area (TPSA) is 62.2 Å². The number of benzene rings is 1. The summed E-state index contributed by atoms with van der Waals surface area (Å²) in [6, 6.07) is 8.14. The number of halogens is 2. The van der Waals surface area contributed by atoms with Crippen molar-refractivity contribution < 1.29 is 4.79 Å². The molecule has 0 aliphatic carbocycles. The molecule has 26 heavy (non-hydrogen) atoms. The third-order valence-corrected chi connectivity index (χ3v) is 4.63. The van der Waals surface area contributed by atoms with Gasteiger partial charge < -0.3 is 15.5 Å².